The van der Waals surface area contributed by atoms with E-state index >= 15 is 0 Å². The molecule has 0 atom stereocenters. The Bertz CT molecular complexity index is 1000. The minimum Gasteiger partial charge on any atom is -0.377 e. The number of hydrogen-bond donors (Lipinski definition) is 1. The number of aromatic nitrogens is 2. The molecule has 0 aliphatic heterocycles. The van der Waals surface area contributed by atoms with E-state index in [-0.39, 0.29) is 17.8 Å². The summed E-state index contributed by atoms with van der Waals surface area (Å²) in [5.41, 5.74) is 1.95. The minimum atomic E-state index is -0.517. The van der Waals surface area contributed by atoms with Crippen molar-refractivity contribution in [3.05, 3.63) is 76.1 Å². The molecule has 6 nitrogen and oxygen atoms in total. The molecule has 3 aromatic rings. The average Bonchev–Trinajstić information content (AvgIpc) is 2.68. The summed E-state index contributed by atoms with van der Waals surface area (Å²) in [7, 11) is 0. The van der Waals surface area contributed by atoms with Crippen LogP contribution in [0.25, 0.3) is 10.9 Å². The van der Waals surface area contributed by atoms with Gasteiger partial charge in [0, 0.05) is 13.2 Å². The van der Waals surface area contributed by atoms with Crippen molar-refractivity contribution in [3.8, 4) is 0 Å². The van der Waals surface area contributed by atoms with Gasteiger partial charge >= 0.3 is 0 Å². The molecule has 0 aliphatic rings. The van der Waals surface area contributed by atoms with E-state index in [0.29, 0.717) is 25.3 Å². The molecule has 3 rings (SSSR count). The maximum Gasteiger partial charge on any atom is 0.261 e. The van der Waals surface area contributed by atoms with E-state index in [1.165, 1.54) is 23.0 Å². The third kappa shape index (κ3) is 4.77. The first kappa shape index (κ1) is 18.7. The summed E-state index contributed by atoms with van der Waals surface area (Å²) < 4.78 is 19.9. The Labute approximate surface area is 155 Å². The van der Waals surface area contributed by atoms with Crippen LogP contribution in [0.2, 0.25) is 0 Å². The highest BCUT2D eigenvalue weighted by molar-refractivity contribution is 5.79. The number of halogens is 1. The van der Waals surface area contributed by atoms with Crippen LogP contribution >= 0.6 is 0 Å². The average molecular weight is 369 g/mol. The van der Waals surface area contributed by atoms with Crippen LogP contribution in [0, 0.1) is 5.82 Å². The molecule has 0 radical (unpaired) electrons. The fourth-order valence-corrected chi connectivity index (χ4v) is 2.63. The lowest BCUT2D eigenvalue weighted by atomic mass is 10.1. The second-order valence-electron chi connectivity index (χ2n) is 6.07. The monoisotopic (exact) mass is 369 g/mol. The fraction of sp³-hybridized carbons (Fsp3) is 0.250. The first-order valence-corrected chi connectivity index (χ1v) is 8.64. The predicted octanol–water partition coefficient (Wildman–Crippen LogP) is 2.39. The van der Waals surface area contributed by atoms with Gasteiger partial charge in [0.15, 0.2) is 0 Å². The van der Waals surface area contributed by atoms with Gasteiger partial charge in [-0.25, -0.2) is 9.37 Å². The lowest BCUT2D eigenvalue weighted by Gasteiger charge is -2.09. The highest BCUT2D eigenvalue weighted by Crippen LogP contribution is 2.08. The fourth-order valence-electron chi connectivity index (χ4n) is 2.63. The number of ether oxygens (including phenoxy) is 1. The summed E-state index contributed by atoms with van der Waals surface area (Å²) in [5, 5.41) is 2.91. The molecule has 27 heavy (non-hydrogen) atoms. The van der Waals surface area contributed by atoms with E-state index in [1.54, 1.807) is 0 Å². The lowest BCUT2D eigenvalue weighted by Crippen LogP contribution is -2.32. The van der Waals surface area contributed by atoms with Gasteiger partial charge in [-0.1, -0.05) is 24.3 Å². The normalized spacial score (nSPS) is 10.9. The van der Waals surface area contributed by atoms with Crippen LogP contribution < -0.4 is 10.9 Å². The molecule has 1 heterocycles. The maximum atomic E-state index is 13.4. The van der Waals surface area contributed by atoms with Gasteiger partial charge in [0.25, 0.3) is 5.56 Å². The zero-order chi connectivity index (χ0) is 19.2. The number of hydrogen-bond acceptors (Lipinski definition) is 4. The van der Waals surface area contributed by atoms with E-state index in [0.717, 1.165) is 17.2 Å². The Hall–Kier alpha value is -3.06. The first-order chi connectivity index (χ1) is 13.1. The molecular weight excluding hydrogens is 349 g/mol. The highest BCUT2D eigenvalue weighted by Gasteiger charge is 2.09. The Kier molecular flexibility index (Phi) is 5.93. The van der Waals surface area contributed by atoms with E-state index < -0.39 is 11.4 Å². The molecule has 1 amide bonds. The largest absolute Gasteiger partial charge is 0.377 e. The third-order valence-corrected chi connectivity index (χ3v) is 4.09. The van der Waals surface area contributed by atoms with Crippen molar-refractivity contribution < 1.29 is 13.9 Å². The number of fused-ring (bicyclic) bond motifs is 1. The third-order valence-electron chi connectivity index (χ3n) is 4.09. The van der Waals surface area contributed by atoms with Crippen molar-refractivity contribution in [1.82, 2.24) is 14.9 Å². The van der Waals surface area contributed by atoms with Gasteiger partial charge in [0.2, 0.25) is 5.91 Å². The van der Waals surface area contributed by atoms with Crippen molar-refractivity contribution in [2.45, 2.75) is 26.6 Å². The number of carbonyl (C=O) groups is 1. The first-order valence-electron chi connectivity index (χ1n) is 8.64. The Morgan fingerprint density at radius 3 is 2.67 bits per heavy atom. The Morgan fingerprint density at radius 2 is 1.93 bits per heavy atom. The molecule has 1 N–H and O–H groups in total. The summed E-state index contributed by atoms with van der Waals surface area (Å²) in [5.74, 6) is -0.843. The van der Waals surface area contributed by atoms with Crippen LogP contribution in [-0.4, -0.2) is 22.1 Å². The van der Waals surface area contributed by atoms with Crippen LogP contribution in [0.15, 0.2) is 53.6 Å². The van der Waals surface area contributed by atoms with Crippen LogP contribution in [0.1, 0.15) is 18.1 Å². The number of carbonyl (C=O) groups excluding carboxylic acids is 1. The van der Waals surface area contributed by atoms with E-state index in [2.05, 4.69) is 10.3 Å². The van der Waals surface area contributed by atoms with Gasteiger partial charge < -0.3 is 10.1 Å². The second-order valence-corrected chi connectivity index (χ2v) is 6.07. The molecule has 7 heteroatoms. The maximum absolute atomic E-state index is 13.4. The predicted molar refractivity (Wildman–Crippen MR) is 99.6 cm³/mol. The SMILES string of the molecule is CCOCc1ccc(CNC(=O)Cn2cnc3ccc(F)cc3c2=O)cc1. The summed E-state index contributed by atoms with van der Waals surface area (Å²) in [6, 6.07) is 11.5. The summed E-state index contributed by atoms with van der Waals surface area (Å²) >= 11 is 0. The molecule has 0 aliphatic carbocycles. The second kappa shape index (κ2) is 8.55. The van der Waals surface area contributed by atoms with Gasteiger partial charge in [-0.2, -0.15) is 0 Å². The minimum absolute atomic E-state index is 0.148. The Balaban J connectivity index is 1.62. The molecular formula is C20H20FN3O3. The van der Waals surface area contributed by atoms with Crippen molar-refractivity contribution in [2.24, 2.45) is 0 Å². The number of rotatable bonds is 7. The van der Waals surface area contributed by atoms with Crippen LogP contribution in [0.3, 0.4) is 0 Å². The smallest absolute Gasteiger partial charge is 0.261 e. The standard InChI is InChI=1S/C20H20FN3O3/c1-2-27-12-15-5-3-14(4-6-15)10-22-19(25)11-24-13-23-18-8-7-16(21)9-17(18)20(24)26/h3-9,13H,2,10-12H2,1H3,(H,22,25). The van der Waals surface area contributed by atoms with Crippen molar-refractivity contribution in [2.75, 3.05) is 6.61 Å². The Morgan fingerprint density at radius 1 is 1.19 bits per heavy atom. The summed E-state index contributed by atoms with van der Waals surface area (Å²) in [4.78, 5) is 28.6. The molecule has 0 saturated carbocycles. The molecule has 2 aromatic carbocycles. The molecule has 0 fully saturated rings. The van der Waals surface area contributed by atoms with Crippen LogP contribution in [0.4, 0.5) is 4.39 Å². The molecule has 1 aromatic heterocycles. The lowest BCUT2D eigenvalue weighted by molar-refractivity contribution is -0.121. The van der Waals surface area contributed by atoms with Gasteiger partial charge in [-0.3, -0.25) is 14.2 Å². The summed E-state index contributed by atoms with van der Waals surface area (Å²) in [6.45, 7) is 3.32. The van der Waals surface area contributed by atoms with Crippen LogP contribution in [-0.2, 0) is 29.2 Å². The molecule has 0 unspecified atom stereocenters. The number of amides is 1. The van der Waals surface area contributed by atoms with Crippen LogP contribution in [0.5, 0.6) is 0 Å². The van der Waals surface area contributed by atoms with Gasteiger partial charge in [-0.05, 0) is 36.2 Å². The zero-order valence-electron chi connectivity index (χ0n) is 14.9. The van der Waals surface area contributed by atoms with Gasteiger partial charge in [0.1, 0.15) is 12.4 Å². The quantitative estimate of drug-likeness (QED) is 0.694. The molecule has 0 spiro atoms. The molecule has 140 valence electrons. The number of nitrogens with zero attached hydrogens (tertiary/aromatic N) is 2. The number of nitrogens with one attached hydrogen (secondary N) is 1. The van der Waals surface area contributed by atoms with Crippen molar-refractivity contribution >= 4 is 16.8 Å². The van der Waals surface area contributed by atoms with Crippen molar-refractivity contribution in [1.29, 1.82) is 0 Å². The number of benzene rings is 2. The van der Waals surface area contributed by atoms with Gasteiger partial charge in [0.05, 0.1) is 23.8 Å². The molecule has 0 saturated heterocycles. The molecule has 0 bridgehead atoms. The van der Waals surface area contributed by atoms with Gasteiger partial charge in [-0.15, -0.1) is 0 Å². The van der Waals surface area contributed by atoms with E-state index in [9.17, 15) is 14.0 Å². The summed E-state index contributed by atoms with van der Waals surface area (Å²) in [6.07, 6.45) is 1.30. The zero-order valence-corrected chi connectivity index (χ0v) is 14.9. The van der Waals surface area contributed by atoms with E-state index in [1.807, 2.05) is 31.2 Å². The highest BCUT2D eigenvalue weighted by atomic mass is 19.1. The van der Waals surface area contributed by atoms with E-state index in [4.69, 9.17) is 4.74 Å². The topological polar surface area (TPSA) is 73.2 Å². The van der Waals surface area contributed by atoms with Crippen molar-refractivity contribution in [3.63, 3.8) is 0 Å².